The minimum atomic E-state index is -0.919. The van der Waals surface area contributed by atoms with Crippen molar-refractivity contribution in [2.45, 2.75) is 18.8 Å². The number of para-hydroxylation sites is 1. The third kappa shape index (κ3) is 2.60. The molecule has 2 aromatic heterocycles. The van der Waals surface area contributed by atoms with Crippen molar-refractivity contribution in [3.8, 4) is 0 Å². The average molecular weight is 322 g/mol. The molecule has 3 heterocycles. The van der Waals surface area contributed by atoms with Gasteiger partial charge in [0.1, 0.15) is 5.82 Å². The summed E-state index contributed by atoms with van der Waals surface area (Å²) in [5.74, 6) is 0.176. The van der Waals surface area contributed by atoms with Gasteiger partial charge in [0.2, 0.25) is 0 Å². The molecule has 0 radical (unpaired) electrons. The molecule has 1 atom stereocenters. The standard InChI is InChI=1S/C18H18N4O2/c23-18(24)14-10-17(20-16-6-2-1-5-13(14)16)22-9-3-4-12(11-22)15-7-8-19-21-15/h1-2,5-8,10,12H,3-4,9,11H2,(H,19,21)(H,23,24)/t12-/m0/s1. The molecule has 0 aliphatic carbocycles. The summed E-state index contributed by atoms with van der Waals surface area (Å²) in [4.78, 5) is 18.5. The van der Waals surface area contributed by atoms with E-state index in [0.717, 1.165) is 43.0 Å². The van der Waals surface area contributed by atoms with E-state index in [1.54, 1.807) is 18.3 Å². The lowest BCUT2D eigenvalue weighted by molar-refractivity contribution is 0.0699. The van der Waals surface area contributed by atoms with E-state index in [-0.39, 0.29) is 0 Å². The zero-order chi connectivity index (χ0) is 16.5. The van der Waals surface area contributed by atoms with Crippen LogP contribution >= 0.6 is 0 Å². The van der Waals surface area contributed by atoms with Crippen molar-refractivity contribution in [3.05, 3.63) is 53.9 Å². The van der Waals surface area contributed by atoms with Gasteiger partial charge in [0.15, 0.2) is 0 Å². The molecule has 3 aromatic rings. The van der Waals surface area contributed by atoms with Crippen LogP contribution in [0.3, 0.4) is 0 Å². The number of aromatic carboxylic acids is 1. The number of aromatic nitrogens is 3. The number of benzene rings is 1. The molecule has 0 amide bonds. The number of piperidine rings is 1. The highest BCUT2D eigenvalue weighted by molar-refractivity contribution is 6.03. The minimum absolute atomic E-state index is 0.305. The first-order chi connectivity index (χ1) is 11.7. The van der Waals surface area contributed by atoms with Crippen LogP contribution in [0.25, 0.3) is 10.9 Å². The quantitative estimate of drug-likeness (QED) is 0.774. The Morgan fingerprint density at radius 3 is 2.96 bits per heavy atom. The number of anilines is 1. The van der Waals surface area contributed by atoms with Gasteiger partial charge in [0.05, 0.1) is 11.1 Å². The SMILES string of the molecule is O=C(O)c1cc(N2CCC[C@H](c3ccn[nH]3)C2)nc2ccccc12. The number of pyridine rings is 1. The first-order valence-corrected chi connectivity index (χ1v) is 8.09. The van der Waals surface area contributed by atoms with E-state index in [1.807, 2.05) is 24.3 Å². The molecule has 1 fully saturated rings. The van der Waals surface area contributed by atoms with Crippen LogP contribution in [0.2, 0.25) is 0 Å². The van der Waals surface area contributed by atoms with Gasteiger partial charge >= 0.3 is 5.97 Å². The fraction of sp³-hybridized carbons (Fsp3) is 0.278. The number of aromatic amines is 1. The van der Waals surface area contributed by atoms with E-state index >= 15 is 0 Å². The van der Waals surface area contributed by atoms with Crippen LogP contribution in [-0.4, -0.2) is 39.3 Å². The Balaban J connectivity index is 1.72. The van der Waals surface area contributed by atoms with Gasteiger partial charge in [0, 0.05) is 36.3 Å². The van der Waals surface area contributed by atoms with E-state index in [4.69, 9.17) is 4.98 Å². The molecule has 0 bridgehead atoms. The summed E-state index contributed by atoms with van der Waals surface area (Å²) >= 11 is 0. The summed E-state index contributed by atoms with van der Waals surface area (Å²) in [6.45, 7) is 1.70. The number of carboxylic acid groups (broad SMARTS) is 1. The Bertz CT molecular complexity index is 876. The van der Waals surface area contributed by atoms with E-state index in [9.17, 15) is 9.90 Å². The van der Waals surface area contributed by atoms with E-state index in [1.165, 1.54) is 0 Å². The number of fused-ring (bicyclic) bond motifs is 1. The molecule has 6 nitrogen and oxygen atoms in total. The Morgan fingerprint density at radius 2 is 2.17 bits per heavy atom. The molecular weight excluding hydrogens is 304 g/mol. The molecule has 0 unspecified atom stereocenters. The molecule has 0 spiro atoms. The highest BCUT2D eigenvalue weighted by Crippen LogP contribution is 2.30. The van der Waals surface area contributed by atoms with Crippen molar-refractivity contribution in [3.63, 3.8) is 0 Å². The number of rotatable bonds is 3. The summed E-state index contributed by atoms with van der Waals surface area (Å²) in [7, 11) is 0. The number of hydrogen-bond acceptors (Lipinski definition) is 4. The molecule has 6 heteroatoms. The predicted molar refractivity (Wildman–Crippen MR) is 91.5 cm³/mol. The molecule has 0 saturated carbocycles. The Hall–Kier alpha value is -2.89. The maximum atomic E-state index is 11.6. The van der Waals surface area contributed by atoms with Crippen molar-refractivity contribution in [2.24, 2.45) is 0 Å². The molecule has 2 N–H and O–H groups in total. The second kappa shape index (κ2) is 5.96. The maximum Gasteiger partial charge on any atom is 0.336 e. The van der Waals surface area contributed by atoms with Crippen LogP contribution in [0.1, 0.15) is 34.8 Å². The van der Waals surface area contributed by atoms with Crippen molar-refractivity contribution < 1.29 is 9.90 Å². The number of H-pyrrole nitrogens is 1. The number of nitrogens with zero attached hydrogens (tertiary/aromatic N) is 3. The molecular formula is C18H18N4O2. The first kappa shape index (κ1) is 14.7. The Labute approximate surface area is 139 Å². The third-order valence-corrected chi connectivity index (χ3v) is 4.64. The molecule has 1 saturated heterocycles. The summed E-state index contributed by atoms with van der Waals surface area (Å²) in [5.41, 5.74) is 2.15. The van der Waals surface area contributed by atoms with Crippen LogP contribution in [0.5, 0.6) is 0 Å². The second-order valence-electron chi connectivity index (χ2n) is 6.15. The Morgan fingerprint density at radius 1 is 1.29 bits per heavy atom. The van der Waals surface area contributed by atoms with E-state index in [2.05, 4.69) is 15.1 Å². The topological polar surface area (TPSA) is 82.1 Å². The average Bonchev–Trinajstić information content (AvgIpc) is 3.15. The van der Waals surface area contributed by atoms with Crippen molar-refractivity contribution >= 4 is 22.7 Å². The molecule has 122 valence electrons. The van der Waals surface area contributed by atoms with Gasteiger partial charge in [-0.05, 0) is 31.0 Å². The van der Waals surface area contributed by atoms with Gasteiger partial charge in [-0.25, -0.2) is 9.78 Å². The fourth-order valence-electron chi connectivity index (χ4n) is 3.43. The lowest BCUT2D eigenvalue weighted by atomic mass is 9.95. The van der Waals surface area contributed by atoms with Crippen molar-refractivity contribution in [1.82, 2.24) is 15.2 Å². The molecule has 24 heavy (non-hydrogen) atoms. The van der Waals surface area contributed by atoms with Gasteiger partial charge in [-0.1, -0.05) is 18.2 Å². The zero-order valence-corrected chi connectivity index (χ0v) is 13.1. The number of carboxylic acids is 1. The molecule has 4 rings (SSSR count). The van der Waals surface area contributed by atoms with Crippen LogP contribution in [0.15, 0.2) is 42.6 Å². The van der Waals surface area contributed by atoms with E-state index < -0.39 is 5.97 Å². The van der Waals surface area contributed by atoms with Gasteiger partial charge < -0.3 is 10.0 Å². The fourth-order valence-corrected chi connectivity index (χ4v) is 3.43. The maximum absolute atomic E-state index is 11.6. The third-order valence-electron chi connectivity index (χ3n) is 4.64. The smallest absolute Gasteiger partial charge is 0.336 e. The normalized spacial score (nSPS) is 18.0. The summed E-state index contributed by atoms with van der Waals surface area (Å²) in [6.07, 6.45) is 3.91. The second-order valence-corrected chi connectivity index (χ2v) is 6.15. The highest BCUT2D eigenvalue weighted by Gasteiger charge is 2.24. The van der Waals surface area contributed by atoms with Gasteiger partial charge in [-0.2, -0.15) is 5.10 Å². The summed E-state index contributed by atoms with van der Waals surface area (Å²) in [6, 6.07) is 11.1. The van der Waals surface area contributed by atoms with Crippen LogP contribution in [-0.2, 0) is 0 Å². The van der Waals surface area contributed by atoms with Crippen LogP contribution < -0.4 is 4.90 Å². The molecule has 1 aliphatic rings. The molecule has 1 aromatic carbocycles. The van der Waals surface area contributed by atoms with Gasteiger partial charge in [-0.3, -0.25) is 5.10 Å². The first-order valence-electron chi connectivity index (χ1n) is 8.09. The minimum Gasteiger partial charge on any atom is -0.478 e. The summed E-state index contributed by atoms with van der Waals surface area (Å²) in [5, 5.41) is 17.3. The van der Waals surface area contributed by atoms with E-state index in [0.29, 0.717) is 16.9 Å². The van der Waals surface area contributed by atoms with Gasteiger partial charge in [-0.15, -0.1) is 0 Å². The lowest BCUT2D eigenvalue weighted by Crippen LogP contribution is -2.35. The largest absolute Gasteiger partial charge is 0.478 e. The zero-order valence-electron chi connectivity index (χ0n) is 13.1. The highest BCUT2D eigenvalue weighted by atomic mass is 16.4. The van der Waals surface area contributed by atoms with Crippen LogP contribution in [0, 0.1) is 0 Å². The predicted octanol–water partition coefficient (Wildman–Crippen LogP) is 3.04. The van der Waals surface area contributed by atoms with Crippen molar-refractivity contribution in [1.29, 1.82) is 0 Å². The van der Waals surface area contributed by atoms with Crippen molar-refractivity contribution in [2.75, 3.05) is 18.0 Å². The monoisotopic (exact) mass is 322 g/mol. The Kier molecular flexibility index (Phi) is 3.65. The number of nitrogens with one attached hydrogen (secondary N) is 1. The number of carbonyl (C=O) groups is 1. The van der Waals surface area contributed by atoms with Gasteiger partial charge in [0.25, 0.3) is 0 Å². The number of hydrogen-bond donors (Lipinski definition) is 2. The summed E-state index contributed by atoms with van der Waals surface area (Å²) < 4.78 is 0. The lowest BCUT2D eigenvalue weighted by Gasteiger charge is -2.33. The molecule has 1 aliphatic heterocycles. The van der Waals surface area contributed by atoms with Crippen LogP contribution in [0.4, 0.5) is 5.82 Å².